The van der Waals surface area contributed by atoms with Crippen LogP contribution < -0.4 is 0 Å². The fourth-order valence-electron chi connectivity index (χ4n) is 3.72. The van der Waals surface area contributed by atoms with Gasteiger partial charge in [-0.1, -0.05) is 50.2 Å². The summed E-state index contributed by atoms with van der Waals surface area (Å²) in [7, 11) is -4.10. The summed E-state index contributed by atoms with van der Waals surface area (Å²) in [5.41, 5.74) is 4.68. The van der Waals surface area contributed by atoms with E-state index in [1.807, 2.05) is 50.2 Å². The first-order valence-corrected chi connectivity index (χ1v) is 13.0. The van der Waals surface area contributed by atoms with Crippen LogP contribution in [0.25, 0.3) is 28.5 Å². The molecule has 0 bridgehead atoms. The number of aromatic nitrogens is 1. The highest BCUT2D eigenvalue weighted by molar-refractivity contribution is 7.62. The topological polar surface area (TPSA) is 105 Å². The molecule has 3 aromatic rings. The van der Waals surface area contributed by atoms with Crippen molar-refractivity contribution in [2.24, 2.45) is 0 Å². The fourth-order valence-corrected chi connectivity index (χ4v) is 4.82. The summed E-state index contributed by atoms with van der Waals surface area (Å²) in [5.74, 6) is -1.54. The Kier molecular flexibility index (Phi) is 8.15. The highest BCUT2D eigenvalue weighted by Crippen LogP contribution is 2.44. The third kappa shape index (κ3) is 6.81. The molecule has 0 fully saturated rings. The minimum absolute atomic E-state index is 0.0645. The maximum atomic E-state index is 14.0. The zero-order valence-electron chi connectivity index (χ0n) is 19.7. The second-order valence-corrected chi connectivity index (χ2v) is 10.8. The van der Waals surface area contributed by atoms with E-state index >= 15 is 0 Å². The van der Waals surface area contributed by atoms with Gasteiger partial charge in [-0.05, 0) is 53.8 Å². The molecule has 2 aromatic carbocycles. The lowest BCUT2D eigenvalue weighted by Gasteiger charge is -2.18. The molecule has 1 aromatic heterocycles. The molecule has 6 nitrogen and oxygen atoms in total. The number of rotatable bonds is 9. The van der Waals surface area contributed by atoms with Crippen LogP contribution in [-0.2, 0) is 14.2 Å². The molecule has 2 N–H and O–H groups in total. The van der Waals surface area contributed by atoms with Crippen molar-refractivity contribution in [1.29, 1.82) is 0 Å². The summed E-state index contributed by atoms with van der Waals surface area (Å²) < 4.78 is 26.7. The third-order valence-corrected chi connectivity index (χ3v) is 6.82. The van der Waals surface area contributed by atoms with Crippen LogP contribution in [0.3, 0.4) is 0 Å². The number of carbonyl (C=O) groups is 2. The summed E-state index contributed by atoms with van der Waals surface area (Å²) in [6, 6.07) is 16.1. The Balaban J connectivity index is 2.19. The Morgan fingerprint density at radius 1 is 1.09 bits per heavy atom. The minimum Gasteiger partial charge on any atom is -0.481 e. The normalized spacial score (nSPS) is 13.2. The Morgan fingerprint density at radius 2 is 1.77 bits per heavy atom. The first kappa shape index (κ1) is 26.2. The summed E-state index contributed by atoms with van der Waals surface area (Å²) in [6.45, 7) is 5.55. The predicted molar refractivity (Wildman–Crippen MR) is 135 cm³/mol. The first-order chi connectivity index (χ1) is 16.5. The number of carboxylic acid groups (broad SMARTS) is 1. The van der Waals surface area contributed by atoms with E-state index in [-0.39, 0.29) is 11.7 Å². The molecule has 1 unspecified atom stereocenters. The molecule has 3 rings (SSSR count). The molecule has 0 spiro atoms. The van der Waals surface area contributed by atoms with Crippen molar-refractivity contribution in [3.8, 4) is 22.4 Å². The van der Waals surface area contributed by atoms with Gasteiger partial charge in [0.05, 0.1) is 17.5 Å². The number of aryl methyl sites for hydroxylation is 1. The van der Waals surface area contributed by atoms with Gasteiger partial charge >= 0.3 is 5.97 Å². The van der Waals surface area contributed by atoms with E-state index in [4.69, 9.17) is 10.1 Å². The van der Waals surface area contributed by atoms with Gasteiger partial charge in [0, 0.05) is 16.9 Å². The van der Waals surface area contributed by atoms with E-state index < -0.39 is 31.7 Å². The quantitative estimate of drug-likeness (QED) is 0.268. The van der Waals surface area contributed by atoms with Crippen molar-refractivity contribution >= 4 is 25.2 Å². The molecule has 8 heteroatoms. The molecule has 1 heterocycles. The number of benzene rings is 2. The Morgan fingerprint density at radius 3 is 2.37 bits per heavy atom. The Bertz CT molecular complexity index is 1330. The largest absolute Gasteiger partial charge is 0.481 e. The van der Waals surface area contributed by atoms with Crippen molar-refractivity contribution < 1.29 is 28.5 Å². The number of aliphatic carboxylic acids is 1. The number of nitrogens with zero attached hydrogens (tertiary/aromatic N) is 1. The first-order valence-electron chi connectivity index (χ1n) is 11.1. The highest BCUT2D eigenvalue weighted by Gasteiger charge is 2.23. The van der Waals surface area contributed by atoms with Gasteiger partial charge in [0.15, 0.2) is 5.78 Å². The number of ketones is 1. The van der Waals surface area contributed by atoms with Gasteiger partial charge in [0.1, 0.15) is 12.2 Å². The molecule has 0 aliphatic heterocycles. The number of halogens is 1. The van der Waals surface area contributed by atoms with Crippen molar-refractivity contribution in [2.45, 2.75) is 33.1 Å². The molecule has 0 amide bonds. The van der Waals surface area contributed by atoms with Crippen LogP contribution >= 0.6 is 7.37 Å². The van der Waals surface area contributed by atoms with E-state index in [0.717, 1.165) is 11.4 Å². The van der Waals surface area contributed by atoms with E-state index in [1.165, 1.54) is 12.1 Å². The molecular formula is C27H27FNO5P. The summed E-state index contributed by atoms with van der Waals surface area (Å²) >= 11 is 0. The average Bonchev–Trinajstić information content (AvgIpc) is 2.78. The van der Waals surface area contributed by atoms with Gasteiger partial charge in [-0.15, -0.1) is 0 Å². The van der Waals surface area contributed by atoms with E-state index in [2.05, 4.69) is 0 Å². The monoisotopic (exact) mass is 495 g/mol. The zero-order chi connectivity index (χ0) is 25.8. The Labute approximate surface area is 203 Å². The molecule has 0 radical (unpaired) electrons. The van der Waals surface area contributed by atoms with Gasteiger partial charge in [0.25, 0.3) is 0 Å². The maximum Gasteiger partial charge on any atom is 0.310 e. The maximum absolute atomic E-state index is 14.0. The molecule has 35 heavy (non-hydrogen) atoms. The summed E-state index contributed by atoms with van der Waals surface area (Å²) in [6.07, 6.45) is -0.129. The number of hydrogen-bond donors (Lipinski definition) is 2. The molecule has 0 aliphatic carbocycles. The standard InChI is InChI=1S/C27H27FNO5P/c1-17(2)27-22(11-12-35(33,34)16-21(30)14-26(31)32)23(20-9-10-24(28)18(3)13-20)15-25(29-27)19-7-5-4-6-8-19/h4-13,15,17H,14,16H2,1-3H3,(H,31,32)(H,33,34). The number of Topliss-reactive ketones (excluding diaryl/α,β-unsaturated/α-hetero) is 1. The highest BCUT2D eigenvalue weighted by atomic mass is 31.2. The van der Waals surface area contributed by atoms with Gasteiger partial charge in [-0.25, -0.2) is 4.39 Å². The second-order valence-electron chi connectivity index (χ2n) is 8.68. The lowest BCUT2D eigenvalue weighted by atomic mass is 9.92. The van der Waals surface area contributed by atoms with Gasteiger partial charge < -0.3 is 10.00 Å². The van der Waals surface area contributed by atoms with Crippen LogP contribution in [0.2, 0.25) is 0 Å². The van der Waals surface area contributed by atoms with Crippen molar-refractivity contribution in [3.63, 3.8) is 0 Å². The predicted octanol–water partition coefficient (Wildman–Crippen LogP) is 6.27. The van der Waals surface area contributed by atoms with Crippen LogP contribution in [-0.4, -0.2) is 32.9 Å². The molecule has 0 saturated carbocycles. The molecule has 182 valence electrons. The van der Waals surface area contributed by atoms with E-state index in [0.29, 0.717) is 33.6 Å². The van der Waals surface area contributed by atoms with Gasteiger partial charge in [-0.2, -0.15) is 0 Å². The molecule has 0 saturated heterocycles. The second kappa shape index (κ2) is 10.9. The van der Waals surface area contributed by atoms with Crippen molar-refractivity contribution in [3.05, 3.63) is 83.1 Å². The van der Waals surface area contributed by atoms with Crippen LogP contribution in [0.4, 0.5) is 4.39 Å². The van der Waals surface area contributed by atoms with Crippen LogP contribution in [0, 0.1) is 12.7 Å². The summed E-state index contributed by atoms with van der Waals surface area (Å²) in [4.78, 5) is 37.7. The SMILES string of the molecule is Cc1cc(-c2cc(-c3ccccc3)nc(C(C)C)c2C=CP(=O)(O)CC(=O)CC(=O)O)ccc1F. The van der Waals surface area contributed by atoms with Crippen LogP contribution in [0.5, 0.6) is 0 Å². The summed E-state index contributed by atoms with van der Waals surface area (Å²) in [5, 5.41) is 8.77. The van der Waals surface area contributed by atoms with Crippen molar-refractivity contribution in [2.75, 3.05) is 6.16 Å². The number of hydrogen-bond acceptors (Lipinski definition) is 4. The molecule has 1 atom stereocenters. The van der Waals surface area contributed by atoms with Crippen LogP contribution in [0.15, 0.2) is 60.4 Å². The van der Waals surface area contributed by atoms with Crippen molar-refractivity contribution in [1.82, 2.24) is 4.98 Å². The number of carboxylic acids is 1. The van der Waals surface area contributed by atoms with E-state index in [1.54, 1.807) is 19.1 Å². The average molecular weight is 495 g/mol. The molecular weight excluding hydrogens is 468 g/mol. The lowest BCUT2D eigenvalue weighted by molar-refractivity contribution is -0.139. The number of carbonyl (C=O) groups excluding carboxylic acids is 1. The zero-order valence-corrected chi connectivity index (χ0v) is 20.6. The van der Waals surface area contributed by atoms with Gasteiger partial charge in [0.2, 0.25) is 7.37 Å². The lowest BCUT2D eigenvalue weighted by Crippen LogP contribution is -2.10. The minimum atomic E-state index is -4.10. The van der Waals surface area contributed by atoms with Gasteiger partial charge in [-0.3, -0.25) is 19.1 Å². The third-order valence-electron chi connectivity index (χ3n) is 5.40. The van der Waals surface area contributed by atoms with Crippen LogP contribution in [0.1, 0.15) is 43.0 Å². The molecule has 0 aliphatic rings. The fraction of sp³-hybridized carbons (Fsp3) is 0.222. The smallest absolute Gasteiger partial charge is 0.310 e. The Hall–Kier alpha value is -3.41. The van der Waals surface area contributed by atoms with E-state index in [9.17, 15) is 23.4 Å². The number of pyridine rings is 1.